The molecule has 1 aromatic rings. The molecule has 0 aromatic heterocycles. The number of rotatable bonds is 6. The lowest BCUT2D eigenvalue weighted by Crippen LogP contribution is -2.39. The Morgan fingerprint density at radius 2 is 1.90 bits per heavy atom. The largest absolute Gasteiger partial charge is 0.356 e. The lowest BCUT2D eigenvalue weighted by molar-refractivity contribution is 0.571. The number of halogens is 2. The standard InChI is InChI=1S/C15H23F2N3/c1-11(2)6-8-19-15(18-3)20-9-7-12-10-13(16)4-5-14(12)17/h4-5,10-11H,6-9H2,1-3H3,(H2,18,19,20). The number of hydrogen-bond acceptors (Lipinski definition) is 1. The van der Waals surface area contributed by atoms with E-state index in [0.717, 1.165) is 25.1 Å². The number of hydrogen-bond donors (Lipinski definition) is 2. The Hall–Kier alpha value is -1.65. The van der Waals surface area contributed by atoms with E-state index >= 15 is 0 Å². The molecule has 0 aliphatic heterocycles. The first-order valence-electron chi connectivity index (χ1n) is 6.91. The van der Waals surface area contributed by atoms with Gasteiger partial charge in [-0.15, -0.1) is 0 Å². The molecule has 0 fully saturated rings. The fourth-order valence-electron chi connectivity index (χ4n) is 1.75. The molecule has 0 radical (unpaired) electrons. The Labute approximate surface area is 119 Å². The molecule has 3 nitrogen and oxygen atoms in total. The summed E-state index contributed by atoms with van der Waals surface area (Å²) in [6, 6.07) is 3.50. The maximum Gasteiger partial charge on any atom is 0.190 e. The molecule has 0 heterocycles. The Balaban J connectivity index is 2.36. The molecule has 2 N–H and O–H groups in total. The van der Waals surface area contributed by atoms with Gasteiger partial charge in [-0.1, -0.05) is 13.8 Å². The Bertz CT molecular complexity index is 445. The fraction of sp³-hybridized carbons (Fsp3) is 0.533. The van der Waals surface area contributed by atoms with E-state index in [0.29, 0.717) is 30.4 Å². The molecule has 0 saturated carbocycles. The molecule has 20 heavy (non-hydrogen) atoms. The number of nitrogens with one attached hydrogen (secondary N) is 2. The van der Waals surface area contributed by atoms with Gasteiger partial charge in [0, 0.05) is 20.1 Å². The van der Waals surface area contributed by atoms with E-state index in [1.807, 2.05) is 0 Å². The van der Waals surface area contributed by atoms with E-state index in [-0.39, 0.29) is 5.82 Å². The molecule has 0 bridgehead atoms. The van der Waals surface area contributed by atoms with Gasteiger partial charge in [-0.2, -0.15) is 0 Å². The van der Waals surface area contributed by atoms with Crippen molar-refractivity contribution in [3.8, 4) is 0 Å². The summed E-state index contributed by atoms with van der Waals surface area (Å²) >= 11 is 0. The van der Waals surface area contributed by atoms with Gasteiger partial charge in [0.2, 0.25) is 0 Å². The van der Waals surface area contributed by atoms with E-state index in [9.17, 15) is 8.78 Å². The monoisotopic (exact) mass is 283 g/mol. The van der Waals surface area contributed by atoms with E-state index in [4.69, 9.17) is 0 Å². The predicted octanol–water partition coefficient (Wildman–Crippen LogP) is 2.72. The van der Waals surface area contributed by atoms with Crippen molar-refractivity contribution in [1.29, 1.82) is 0 Å². The van der Waals surface area contributed by atoms with Crippen LogP contribution in [-0.2, 0) is 6.42 Å². The van der Waals surface area contributed by atoms with Crippen LogP contribution in [0.15, 0.2) is 23.2 Å². The van der Waals surface area contributed by atoms with Crippen molar-refractivity contribution in [3.05, 3.63) is 35.4 Å². The number of benzene rings is 1. The van der Waals surface area contributed by atoms with Crippen LogP contribution in [0.25, 0.3) is 0 Å². The third kappa shape index (κ3) is 5.99. The van der Waals surface area contributed by atoms with Gasteiger partial charge in [0.25, 0.3) is 0 Å². The molecule has 112 valence electrons. The molecule has 0 aliphatic carbocycles. The second kappa shape index (κ2) is 8.51. The minimum atomic E-state index is -0.416. The van der Waals surface area contributed by atoms with Crippen LogP contribution in [0.3, 0.4) is 0 Å². The second-order valence-electron chi connectivity index (χ2n) is 5.09. The highest BCUT2D eigenvalue weighted by Gasteiger charge is 2.04. The van der Waals surface area contributed by atoms with Gasteiger partial charge >= 0.3 is 0 Å². The van der Waals surface area contributed by atoms with E-state index < -0.39 is 5.82 Å². The number of nitrogens with zero attached hydrogens (tertiary/aromatic N) is 1. The Morgan fingerprint density at radius 3 is 2.55 bits per heavy atom. The van der Waals surface area contributed by atoms with Gasteiger partial charge in [-0.25, -0.2) is 8.78 Å². The zero-order valence-electron chi connectivity index (χ0n) is 12.3. The molecule has 1 aromatic carbocycles. The van der Waals surface area contributed by atoms with Crippen molar-refractivity contribution in [2.45, 2.75) is 26.7 Å². The molecule has 0 unspecified atom stereocenters. The zero-order chi connectivity index (χ0) is 15.0. The maximum atomic E-state index is 13.4. The van der Waals surface area contributed by atoms with Crippen molar-refractivity contribution in [1.82, 2.24) is 10.6 Å². The lowest BCUT2D eigenvalue weighted by Gasteiger charge is -2.13. The van der Waals surface area contributed by atoms with Crippen molar-refractivity contribution in [2.75, 3.05) is 20.1 Å². The second-order valence-corrected chi connectivity index (χ2v) is 5.09. The summed E-state index contributed by atoms with van der Waals surface area (Å²) in [6.45, 7) is 5.66. The van der Waals surface area contributed by atoms with Crippen LogP contribution in [-0.4, -0.2) is 26.1 Å². The zero-order valence-corrected chi connectivity index (χ0v) is 12.3. The van der Waals surface area contributed by atoms with Crippen molar-refractivity contribution < 1.29 is 8.78 Å². The van der Waals surface area contributed by atoms with Gasteiger partial charge in [-0.05, 0) is 42.5 Å². The van der Waals surface area contributed by atoms with E-state index in [2.05, 4.69) is 29.5 Å². The fourth-order valence-corrected chi connectivity index (χ4v) is 1.75. The summed E-state index contributed by atoms with van der Waals surface area (Å²) in [5.41, 5.74) is 0.370. The Morgan fingerprint density at radius 1 is 1.20 bits per heavy atom. The topological polar surface area (TPSA) is 36.4 Å². The van der Waals surface area contributed by atoms with Crippen molar-refractivity contribution in [2.24, 2.45) is 10.9 Å². The quantitative estimate of drug-likeness (QED) is 0.622. The number of aliphatic imine (C=N–C) groups is 1. The van der Waals surface area contributed by atoms with Gasteiger partial charge in [0.05, 0.1) is 0 Å². The molecule has 0 spiro atoms. The summed E-state index contributed by atoms with van der Waals surface area (Å²) in [5.74, 6) is 0.515. The van der Waals surface area contributed by atoms with Gasteiger partial charge < -0.3 is 10.6 Å². The number of guanidine groups is 1. The van der Waals surface area contributed by atoms with Gasteiger partial charge in [0.15, 0.2) is 5.96 Å². The maximum absolute atomic E-state index is 13.4. The van der Waals surface area contributed by atoms with Gasteiger partial charge in [0.1, 0.15) is 11.6 Å². The van der Waals surface area contributed by atoms with Crippen LogP contribution < -0.4 is 10.6 Å². The molecular weight excluding hydrogens is 260 g/mol. The summed E-state index contributed by atoms with van der Waals surface area (Å²) in [5, 5.41) is 6.27. The lowest BCUT2D eigenvalue weighted by atomic mass is 10.1. The summed E-state index contributed by atoms with van der Waals surface area (Å²) in [4.78, 5) is 4.08. The molecular formula is C15H23F2N3. The third-order valence-corrected chi connectivity index (χ3v) is 2.93. The SMILES string of the molecule is CN=C(NCCc1cc(F)ccc1F)NCCC(C)C. The molecule has 1 rings (SSSR count). The normalized spacial score (nSPS) is 11.8. The first-order chi connectivity index (χ1) is 9.52. The Kier molecular flexibility index (Phi) is 6.98. The average Bonchev–Trinajstić information content (AvgIpc) is 2.40. The highest BCUT2D eigenvalue weighted by atomic mass is 19.1. The van der Waals surface area contributed by atoms with Crippen LogP contribution in [0, 0.1) is 17.6 Å². The van der Waals surface area contributed by atoms with Crippen LogP contribution in [0.4, 0.5) is 8.78 Å². The third-order valence-electron chi connectivity index (χ3n) is 2.93. The average molecular weight is 283 g/mol. The summed E-state index contributed by atoms with van der Waals surface area (Å²) in [6.07, 6.45) is 1.47. The predicted molar refractivity (Wildman–Crippen MR) is 78.9 cm³/mol. The van der Waals surface area contributed by atoms with Crippen molar-refractivity contribution in [3.63, 3.8) is 0 Å². The van der Waals surface area contributed by atoms with E-state index in [1.54, 1.807) is 7.05 Å². The van der Waals surface area contributed by atoms with Crippen LogP contribution in [0.1, 0.15) is 25.8 Å². The van der Waals surface area contributed by atoms with E-state index in [1.165, 1.54) is 6.07 Å². The molecule has 0 saturated heterocycles. The van der Waals surface area contributed by atoms with Crippen molar-refractivity contribution >= 4 is 5.96 Å². The first-order valence-corrected chi connectivity index (χ1v) is 6.91. The van der Waals surface area contributed by atoms with Crippen LogP contribution in [0.2, 0.25) is 0 Å². The molecule has 0 atom stereocenters. The van der Waals surface area contributed by atoms with Gasteiger partial charge in [-0.3, -0.25) is 4.99 Å². The molecule has 0 amide bonds. The first kappa shape index (κ1) is 16.4. The highest BCUT2D eigenvalue weighted by Crippen LogP contribution is 2.09. The van der Waals surface area contributed by atoms with Crippen LogP contribution >= 0.6 is 0 Å². The molecule has 0 aliphatic rings. The minimum Gasteiger partial charge on any atom is -0.356 e. The van der Waals surface area contributed by atoms with Crippen LogP contribution in [0.5, 0.6) is 0 Å². The highest BCUT2D eigenvalue weighted by molar-refractivity contribution is 5.79. The summed E-state index contributed by atoms with van der Waals surface area (Å²) in [7, 11) is 1.69. The molecule has 5 heteroatoms. The summed E-state index contributed by atoms with van der Waals surface area (Å²) < 4.78 is 26.4. The smallest absolute Gasteiger partial charge is 0.190 e. The minimum absolute atomic E-state index is 0.370.